The number of amides is 1. The number of carbonyl (C=O) groups is 1. The largest absolute Gasteiger partial charge is 0.479 e. The number of hydrogen-bond acceptors (Lipinski definition) is 4. The van der Waals surface area contributed by atoms with E-state index in [4.69, 9.17) is 4.74 Å². The topological polar surface area (TPSA) is 56.2 Å². The second-order valence-electron chi connectivity index (χ2n) is 5.20. The molecule has 5 nitrogen and oxygen atoms in total. The van der Waals surface area contributed by atoms with Crippen molar-refractivity contribution in [1.29, 1.82) is 0 Å². The lowest BCUT2D eigenvalue weighted by Gasteiger charge is -2.14. The second-order valence-corrected chi connectivity index (χ2v) is 5.98. The molecular formula is C14H17N3O2S. The zero-order valence-electron chi connectivity index (χ0n) is 11.5. The molecule has 1 aliphatic carbocycles. The molecule has 106 valence electrons. The molecule has 0 spiro atoms. The van der Waals surface area contributed by atoms with Gasteiger partial charge in [0.1, 0.15) is 5.56 Å². The summed E-state index contributed by atoms with van der Waals surface area (Å²) >= 11 is 1.70. The molecule has 1 amide bonds. The number of thiophene rings is 1. The monoisotopic (exact) mass is 291 g/mol. The molecule has 0 unspecified atom stereocenters. The van der Waals surface area contributed by atoms with Crippen molar-refractivity contribution < 1.29 is 9.53 Å². The molecule has 2 aromatic heterocycles. The average molecular weight is 291 g/mol. The molecule has 1 N–H and O–H groups in total. The van der Waals surface area contributed by atoms with Gasteiger partial charge in [-0.15, -0.1) is 5.10 Å². The zero-order chi connectivity index (χ0) is 14.2. The van der Waals surface area contributed by atoms with Crippen molar-refractivity contribution in [2.75, 3.05) is 13.7 Å². The van der Waals surface area contributed by atoms with E-state index in [-0.39, 0.29) is 11.3 Å². The third-order valence-electron chi connectivity index (χ3n) is 3.81. The van der Waals surface area contributed by atoms with Gasteiger partial charge in [0.2, 0.25) is 5.88 Å². The van der Waals surface area contributed by atoms with Crippen LogP contribution < -0.4 is 10.1 Å². The van der Waals surface area contributed by atoms with Crippen molar-refractivity contribution in [2.24, 2.45) is 7.05 Å². The molecule has 2 heterocycles. The zero-order valence-corrected chi connectivity index (χ0v) is 12.4. The maximum absolute atomic E-state index is 12.2. The summed E-state index contributed by atoms with van der Waals surface area (Å²) in [6, 6.07) is 2.15. The summed E-state index contributed by atoms with van der Waals surface area (Å²) in [5.74, 6) is 0.238. The van der Waals surface area contributed by atoms with Crippen LogP contribution >= 0.6 is 11.3 Å². The second kappa shape index (κ2) is 4.94. The summed E-state index contributed by atoms with van der Waals surface area (Å²) in [7, 11) is 3.29. The van der Waals surface area contributed by atoms with Crippen molar-refractivity contribution >= 4 is 17.2 Å². The Kier molecular flexibility index (Phi) is 3.25. The Balaban J connectivity index is 1.68. The number of methoxy groups -OCH3 is 1. The van der Waals surface area contributed by atoms with Crippen LogP contribution in [0.3, 0.4) is 0 Å². The molecule has 0 aliphatic heterocycles. The van der Waals surface area contributed by atoms with E-state index in [1.807, 2.05) is 0 Å². The van der Waals surface area contributed by atoms with E-state index >= 15 is 0 Å². The first-order chi connectivity index (χ1) is 9.64. The number of aryl methyl sites for hydroxylation is 1. The summed E-state index contributed by atoms with van der Waals surface area (Å²) in [4.78, 5) is 12.2. The number of nitrogens with zero attached hydrogens (tertiary/aromatic N) is 2. The fourth-order valence-corrected chi connectivity index (χ4v) is 3.18. The van der Waals surface area contributed by atoms with Crippen LogP contribution in [-0.4, -0.2) is 29.3 Å². The number of ether oxygens (including phenoxy) is 1. The third kappa shape index (κ3) is 2.31. The molecule has 0 saturated heterocycles. The van der Waals surface area contributed by atoms with Crippen LogP contribution in [0.1, 0.15) is 28.8 Å². The summed E-state index contributed by atoms with van der Waals surface area (Å²) in [6.45, 7) is 0.667. The Morgan fingerprint density at radius 3 is 3.00 bits per heavy atom. The SMILES string of the molecule is COc1nn(C)cc1C(=O)NCC1(c2ccsc2)CC1. The molecule has 1 aliphatic rings. The van der Waals surface area contributed by atoms with Crippen LogP contribution in [-0.2, 0) is 12.5 Å². The Bertz CT molecular complexity index is 614. The lowest BCUT2D eigenvalue weighted by molar-refractivity contribution is 0.0946. The Morgan fingerprint density at radius 1 is 1.60 bits per heavy atom. The molecular weight excluding hydrogens is 274 g/mol. The number of rotatable bonds is 5. The molecule has 0 aromatic carbocycles. The van der Waals surface area contributed by atoms with Gasteiger partial charge in [-0.25, -0.2) is 0 Å². The smallest absolute Gasteiger partial charge is 0.258 e. The van der Waals surface area contributed by atoms with E-state index in [0.29, 0.717) is 18.0 Å². The van der Waals surface area contributed by atoms with Gasteiger partial charge in [0.05, 0.1) is 7.11 Å². The lowest BCUT2D eigenvalue weighted by Crippen LogP contribution is -2.32. The van der Waals surface area contributed by atoms with Crippen LogP contribution in [0.25, 0.3) is 0 Å². The molecule has 0 bridgehead atoms. The quantitative estimate of drug-likeness (QED) is 0.916. The van der Waals surface area contributed by atoms with Crippen molar-refractivity contribution in [3.05, 3.63) is 34.2 Å². The van der Waals surface area contributed by atoms with Crippen molar-refractivity contribution in [3.8, 4) is 5.88 Å². The molecule has 20 heavy (non-hydrogen) atoms. The van der Waals surface area contributed by atoms with Gasteiger partial charge in [-0.3, -0.25) is 9.48 Å². The minimum absolute atomic E-state index is 0.128. The summed E-state index contributed by atoms with van der Waals surface area (Å²) in [6.07, 6.45) is 3.95. The van der Waals surface area contributed by atoms with E-state index < -0.39 is 0 Å². The van der Waals surface area contributed by atoms with E-state index in [1.165, 1.54) is 12.7 Å². The first kappa shape index (κ1) is 13.2. The summed E-state index contributed by atoms with van der Waals surface area (Å²) in [5.41, 5.74) is 1.96. The number of carbonyl (C=O) groups excluding carboxylic acids is 1. The Hall–Kier alpha value is -1.82. The van der Waals surface area contributed by atoms with Gasteiger partial charge in [-0.1, -0.05) is 0 Å². The molecule has 3 rings (SSSR count). The summed E-state index contributed by atoms with van der Waals surface area (Å²) in [5, 5.41) is 11.4. The third-order valence-corrected chi connectivity index (χ3v) is 4.49. The predicted molar refractivity (Wildman–Crippen MR) is 77.3 cm³/mol. The van der Waals surface area contributed by atoms with E-state index in [9.17, 15) is 4.79 Å². The van der Waals surface area contributed by atoms with Crippen LogP contribution in [0.4, 0.5) is 0 Å². The number of hydrogen-bond donors (Lipinski definition) is 1. The fourth-order valence-electron chi connectivity index (χ4n) is 2.40. The van der Waals surface area contributed by atoms with Gasteiger partial charge in [0.15, 0.2) is 0 Å². The lowest BCUT2D eigenvalue weighted by atomic mass is 9.99. The molecule has 6 heteroatoms. The van der Waals surface area contributed by atoms with Crippen LogP contribution in [0, 0.1) is 0 Å². The fraction of sp³-hybridized carbons (Fsp3) is 0.429. The van der Waals surface area contributed by atoms with Gasteiger partial charge in [-0.2, -0.15) is 11.3 Å². The highest BCUT2D eigenvalue weighted by Gasteiger charge is 2.44. The molecule has 0 radical (unpaired) electrons. The van der Waals surface area contributed by atoms with Crippen molar-refractivity contribution in [2.45, 2.75) is 18.3 Å². The minimum atomic E-state index is -0.128. The van der Waals surface area contributed by atoms with Crippen LogP contribution in [0.15, 0.2) is 23.0 Å². The van der Waals surface area contributed by atoms with Gasteiger partial charge >= 0.3 is 0 Å². The Labute approximate surface area is 121 Å². The molecule has 0 atom stereocenters. The Morgan fingerprint density at radius 2 is 2.40 bits per heavy atom. The molecule has 2 aromatic rings. The van der Waals surface area contributed by atoms with Crippen molar-refractivity contribution in [3.63, 3.8) is 0 Å². The maximum atomic E-state index is 12.2. The minimum Gasteiger partial charge on any atom is -0.479 e. The first-order valence-electron chi connectivity index (χ1n) is 6.53. The van der Waals surface area contributed by atoms with Crippen LogP contribution in [0.5, 0.6) is 5.88 Å². The molecule has 1 fully saturated rings. The highest BCUT2D eigenvalue weighted by molar-refractivity contribution is 7.08. The van der Waals surface area contributed by atoms with E-state index in [1.54, 1.807) is 29.3 Å². The van der Waals surface area contributed by atoms with E-state index in [2.05, 4.69) is 27.2 Å². The number of nitrogens with one attached hydrogen (secondary N) is 1. The van der Waals surface area contributed by atoms with Crippen LogP contribution in [0.2, 0.25) is 0 Å². The van der Waals surface area contributed by atoms with Gasteiger partial charge in [-0.05, 0) is 35.2 Å². The molecule has 1 saturated carbocycles. The predicted octanol–water partition coefficient (Wildman–Crippen LogP) is 1.95. The van der Waals surface area contributed by atoms with Gasteiger partial charge < -0.3 is 10.1 Å². The highest BCUT2D eigenvalue weighted by atomic mass is 32.1. The van der Waals surface area contributed by atoms with Gasteiger partial charge in [0.25, 0.3) is 5.91 Å². The highest BCUT2D eigenvalue weighted by Crippen LogP contribution is 2.48. The maximum Gasteiger partial charge on any atom is 0.258 e. The average Bonchev–Trinajstić information content (AvgIpc) is 2.89. The standard InChI is InChI=1S/C14H17N3O2S/c1-17-7-11(13(16-17)19-2)12(18)15-9-14(4-5-14)10-3-6-20-8-10/h3,6-8H,4-5,9H2,1-2H3,(H,15,18). The summed E-state index contributed by atoms with van der Waals surface area (Å²) < 4.78 is 6.70. The van der Waals surface area contributed by atoms with E-state index in [0.717, 1.165) is 12.8 Å². The number of aromatic nitrogens is 2. The van der Waals surface area contributed by atoms with Crippen molar-refractivity contribution in [1.82, 2.24) is 15.1 Å². The normalized spacial score (nSPS) is 15.9. The van der Waals surface area contributed by atoms with Gasteiger partial charge in [0, 0.05) is 25.2 Å². The first-order valence-corrected chi connectivity index (χ1v) is 7.47.